The maximum absolute atomic E-state index is 12.6. The minimum Gasteiger partial charge on any atom is -0.455 e. The van der Waals surface area contributed by atoms with E-state index in [1.165, 1.54) is 19.3 Å². The Morgan fingerprint density at radius 1 is 1.24 bits per heavy atom. The topological polar surface area (TPSA) is 55.4 Å². The van der Waals surface area contributed by atoms with Gasteiger partial charge in [0, 0.05) is 10.9 Å². The van der Waals surface area contributed by atoms with Crippen LogP contribution in [0.15, 0.2) is 0 Å². The third-order valence-electron chi connectivity index (χ3n) is 5.33. The molecule has 4 aliphatic carbocycles. The Bertz CT molecular complexity index is 437. The normalized spacial score (nSPS) is 40.1. The van der Waals surface area contributed by atoms with Crippen LogP contribution in [-0.2, 0) is 14.3 Å². The van der Waals surface area contributed by atoms with Crippen molar-refractivity contribution in [1.82, 2.24) is 5.32 Å². The van der Waals surface area contributed by atoms with Gasteiger partial charge in [0.05, 0.1) is 5.41 Å². The molecule has 21 heavy (non-hydrogen) atoms. The molecule has 118 valence electrons. The predicted octanol–water partition coefficient (Wildman–Crippen LogP) is 2.79. The first-order valence-corrected chi connectivity index (χ1v) is 8.87. The van der Waals surface area contributed by atoms with Gasteiger partial charge < -0.3 is 10.1 Å². The quantitative estimate of drug-likeness (QED) is 0.607. The van der Waals surface area contributed by atoms with Crippen LogP contribution in [0.1, 0.15) is 51.9 Å². The zero-order chi connectivity index (χ0) is 15.1. The van der Waals surface area contributed by atoms with Crippen molar-refractivity contribution >= 4 is 27.8 Å². The number of hydrogen-bond donors (Lipinski definition) is 1. The van der Waals surface area contributed by atoms with Gasteiger partial charge in [0.15, 0.2) is 6.61 Å². The average Bonchev–Trinajstić information content (AvgIpc) is 2.39. The number of rotatable bonds is 5. The first kappa shape index (κ1) is 15.3. The van der Waals surface area contributed by atoms with Crippen LogP contribution in [-0.4, -0.2) is 29.4 Å². The first-order valence-electron chi connectivity index (χ1n) is 8.08. The van der Waals surface area contributed by atoms with E-state index in [1.54, 1.807) is 0 Å². The molecule has 4 rings (SSSR count). The number of carbonyl (C=O) groups is 2. The van der Waals surface area contributed by atoms with E-state index < -0.39 is 0 Å². The van der Waals surface area contributed by atoms with E-state index in [-0.39, 0.29) is 28.2 Å². The lowest BCUT2D eigenvalue weighted by molar-refractivity contribution is -0.171. The molecular formula is C16H24BrNO3. The summed E-state index contributed by atoms with van der Waals surface area (Å²) in [6.45, 7) is 2.50. The third kappa shape index (κ3) is 2.99. The molecule has 0 aliphatic heterocycles. The number of nitrogens with one attached hydrogen (secondary N) is 1. The fourth-order valence-corrected chi connectivity index (χ4v) is 6.44. The molecule has 4 atom stereocenters. The largest absolute Gasteiger partial charge is 0.455 e. The van der Waals surface area contributed by atoms with E-state index in [0.29, 0.717) is 18.4 Å². The van der Waals surface area contributed by atoms with Gasteiger partial charge in [-0.1, -0.05) is 22.9 Å². The molecule has 4 nitrogen and oxygen atoms in total. The van der Waals surface area contributed by atoms with Crippen LogP contribution in [0, 0.1) is 17.3 Å². The van der Waals surface area contributed by atoms with Crippen LogP contribution >= 0.6 is 15.9 Å². The fraction of sp³-hybridized carbons (Fsp3) is 0.875. The summed E-state index contributed by atoms with van der Waals surface area (Å²) in [4.78, 5) is 24.2. The minimum atomic E-state index is -0.335. The SMILES string of the molecule is CCCNC(=O)COC(=O)C12C[C@@H]3C[C@@H](CC(Br)(C3)C1)C2. The number of halogens is 1. The molecule has 0 aromatic rings. The van der Waals surface area contributed by atoms with Crippen molar-refractivity contribution in [2.45, 2.75) is 56.2 Å². The lowest BCUT2D eigenvalue weighted by Crippen LogP contribution is -2.56. The summed E-state index contributed by atoms with van der Waals surface area (Å²) in [5.41, 5.74) is -0.335. The van der Waals surface area contributed by atoms with Gasteiger partial charge >= 0.3 is 5.97 Å². The summed E-state index contributed by atoms with van der Waals surface area (Å²) in [7, 11) is 0. The Morgan fingerprint density at radius 2 is 1.90 bits per heavy atom. The molecule has 4 aliphatic rings. The lowest BCUT2D eigenvalue weighted by Gasteiger charge is -2.58. The van der Waals surface area contributed by atoms with E-state index in [2.05, 4.69) is 21.2 Å². The maximum atomic E-state index is 12.6. The van der Waals surface area contributed by atoms with Gasteiger partial charge in [-0.05, 0) is 56.8 Å². The Kier molecular flexibility index (Phi) is 4.06. The average molecular weight is 358 g/mol. The van der Waals surface area contributed by atoms with Crippen LogP contribution in [0.2, 0.25) is 0 Å². The standard InChI is InChI=1S/C16H24BrNO3/c1-2-3-18-13(19)9-21-14(20)15-5-11-4-12(6-15)8-16(17,7-11)10-15/h11-12H,2-10H2,1H3,(H,18,19)/t11-,12+,15?,16?. The Labute approximate surface area is 134 Å². The van der Waals surface area contributed by atoms with Gasteiger partial charge in [0.25, 0.3) is 5.91 Å². The second-order valence-corrected chi connectivity index (χ2v) is 9.00. The van der Waals surface area contributed by atoms with Crippen molar-refractivity contribution < 1.29 is 14.3 Å². The molecule has 0 spiro atoms. The maximum Gasteiger partial charge on any atom is 0.312 e. The van der Waals surface area contributed by atoms with Gasteiger partial charge in [-0.25, -0.2) is 0 Å². The molecular weight excluding hydrogens is 334 g/mol. The summed E-state index contributed by atoms with van der Waals surface area (Å²) < 4.78 is 5.50. The van der Waals surface area contributed by atoms with Crippen molar-refractivity contribution in [3.63, 3.8) is 0 Å². The van der Waals surface area contributed by atoms with Crippen LogP contribution in [0.25, 0.3) is 0 Å². The van der Waals surface area contributed by atoms with Crippen molar-refractivity contribution in [1.29, 1.82) is 0 Å². The highest BCUT2D eigenvalue weighted by atomic mass is 79.9. The van der Waals surface area contributed by atoms with Crippen molar-refractivity contribution in [2.75, 3.05) is 13.2 Å². The van der Waals surface area contributed by atoms with E-state index >= 15 is 0 Å². The van der Waals surface area contributed by atoms with Gasteiger partial charge in [-0.15, -0.1) is 0 Å². The third-order valence-corrected chi connectivity index (χ3v) is 6.26. The lowest BCUT2D eigenvalue weighted by atomic mass is 9.49. The number of amides is 1. The number of hydrogen-bond acceptors (Lipinski definition) is 3. The second-order valence-electron chi connectivity index (χ2n) is 7.32. The van der Waals surface area contributed by atoms with Crippen LogP contribution in [0.5, 0.6) is 0 Å². The Balaban J connectivity index is 1.61. The molecule has 4 bridgehead atoms. The van der Waals surface area contributed by atoms with Crippen molar-refractivity contribution in [2.24, 2.45) is 17.3 Å². The molecule has 0 heterocycles. The smallest absolute Gasteiger partial charge is 0.312 e. The van der Waals surface area contributed by atoms with Crippen molar-refractivity contribution in [3.8, 4) is 0 Å². The van der Waals surface area contributed by atoms with Gasteiger partial charge in [0.2, 0.25) is 0 Å². The summed E-state index contributed by atoms with van der Waals surface area (Å²) in [5, 5.41) is 2.74. The minimum absolute atomic E-state index is 0.134. The molecule has 1 N–H and O–H groups in total. The number of carbonyl (C=O) groups excluding carboxylic acids is 2. The zero-order valence-electron chi connectivity index (χ0n) is 12.6. The summed E-state index contributed by atoms with van der Waals surface area (Å²) in [6.07, 6.45) is 7.31. The highest BCUT2D eigenvalue weighted by Crippen LogP contribution is 2.64. The van der Waals surface area contributed by atoms with E-state index in [1.807, 2.05) is 6.92 Å². The van der Waals surface area contributed by atoms with Gasteiger partial charge in [-0.2, -0.15) is 0 Å². The second kappa shape index (κ2) is 5.56. The predicted molar refractivity (Wildman–Crippen MR) is 83.0 cm³/mol. The molecule has 0 aromatic heterocycles. The Morgan fingerprint density at radius 3 is 2.48 bits per heavy atom. The highest BCUT2D eigenvalue weighted by Gasteiger charge is 2.60. The molecule has 5 heteroatoms. The summed E-state index contributed by atoms with van der Waals surface area (Å²) in [5.74, 6) is 0.953. The monoisotopic (exact) mass is 357 g/mol. The number of esters is 1. The summed E-state index contributed by atoms with van der Waals surface area (Å²) in [6, 6.07) is 0. The fourth-order valence-electron chi connectivity index (χ4n) is 4.99. The van der Waals surface area contributed by atoms with Crippen LogP contribution < -0.4 is 5.32 Å². The molecule has 1 amide bonds. The number of alkyl halides is 1. The van der Waals surface area contributed by atoms with Gasteiger partial charge in [-0.3, -0.25) is 9.59 Å². The van der Waals surface area contributed by atoms with E-state index in [4.69, 9.17) is 4.74 Å². The Hall–Kier alpha value is -0.580. The van der Waals surface area contributed by atoms with Gasteiger partial charge in [0.1, 0.15) is 0 Å². The molecule has 2 unspecified atom stereocenters. The molecule has 0 radical (unpaired) electrons. The zero-order valence-corrected chi connectivity index (χ0v) is 14.2. The summed E-state index contributed by atoms with van der Waals surface area (Å²) >= 11 is 3.89. The van der Waals surface area contributed by atoms with E-state index in [0.717, 1.165) is 25.7 Å². The van der Waals surface area contributed by atoms with Crippen LogP contribution in [0.3, 0.4) is 0 Å². The van der Waals surface area contributed by atoms with Crippen molar-refractivity contribution in [3.05, 3.63) is 0 Å². The number of ether oxygens (including phenoxy) is 1. The molecule has 4 fully saturated rings. The molecule has 0 saturated heterocycles. The molecule has 0 aromatic carbocycles. The molecule has 4 saturated carbocycles. The highest BCUT2D eigenvalue weighted by molar-refractivity contribution is 9.10. The van der Waals surface area contributed by atoms with Crippen LogP contribution in [0.4, 0.5) is 0 Å². The van der Waals surface area contributed by atoms with E-state index in [9.17, 15) is 9.59 Å². The first-order chi connectivity index (χ1) is 9.95.